The van der Waals surface area contributed by atoms with Crippen LogP contribution in [0.2, 0.25) is 0 Å². The van der Waals surface area contributed by atoms with E-state index in [1.165, 1.54) is 48.1 Å². The predicted molar refractivity (Wildman–Crippen MR) is 120 cm³/mol. The van der Waals surface area contributed by atoms with Crippen LogP contribution < -0.4 is 5.32 Å². The minimum Gasteiger partial charge on any atom is -0.449 e. The van der Waals surface area contributed by atoms with E-state index in [9.17, 15) is 18.0 Å². The summed E-state index contributed by atoms with van der Waals surface area (Å²) in [6.45, 7) is 3.49. The molecule has 0 radical (unpaired) electrons. The number of carbonyl (C=O) groups excluding carboxylic acids is 2. The van der Waals surface area contributed by atoms with Gasteiger partial charge < -0.3 is 4.74 Å². The molecule has 1 N–H and O–H groups in total. The third kappa shape index (κ3) is 5.56. The Balaban J connectivity index is 1.66. The predicted octanol–water partition coefficient (Wildman–Crippen LogP) is 3.96. The van der Waals surface area contributed by atoms with Crippen LogP contribution >= 0.6 is 11.3 Å². The summed E-state index contributed by atoms with van der Waals surface area (Å²) in [6.07, 6.45) is 0.811. The molecule has 0 bridgehead atoms. The maximum atomic E-state index is 12.5. The van der Waals surface area contributed by atoms with Crippen molar-refractivity contribution in [1.82, 2.24) is 4.98 Å². The fourth-order valence-electron chi connectivity index (χ4n) is 2.82. The Labute approximate surface area is 185 Å². The molecule has 1 amide bonds. The molecule has 0 fully saturated rings. The molecule has 1 atom stereocenters. The van der Waals surface area contributed by atoms with Crippen LogP contribution in [0.5, 0.6) is 0 Å². The number of thiazole rings is 1. The molecule has 3 aromatic rings. The van der Waals surface area contributed by atoms with Crippen LogP contribution in [0.15, 0.2) is 58.8 Å². The van der Waals surface area contributed by atoms with Gasteiger partial charge in [0.25, 0.3) is 5.91 Å². The van der Waals surface area contributed by atoms with Crippen molar-refractivity contribution in [2.24, 2.45) is 0 Å². The topological polar surface area (TPSA) is 102 Å². The number of amides is 1. The lowest BCUT2D eigenvalue weighted by Gasteiger charge is -2.13. The number of aryl methyl sites for hydroxylation is 1. The Morgan fingerprint density at radius 1 is 1.13 bits per heavy atom. The standard InChI is InChI=1S/C22H22N2O5S2/c1-4-15-9-11-16(12-10-15)18-13-30-22(23-18)24-20(25)14(2)29-21(26)17-7-5-6-8-19(17)31(3,27)28/h5-14H,4H2,1-3H3,(H,23,24,25). The smallest absolute Gasteiger partial charge is 0.340 e. The monoisotopic (exact) mass is 458 g/mol. The van der Waals surface area contributed by atoms with E-state index >= 15 is 0 Å². The Morgan fingerprint density at radius 2 is 1.81 bits per heavy atom. The molecular weight excluding hydrogens is 436 g/mol. The zero-order chi connectivity index (χ0) is 22.6. The molecule has 2 aromatic carbocycles. The van der Waals surface area contributed by atoms with Gasteiger partial charge in [-0.3, -0.25) is 10.1 Å². The molecule has 0 aliphatic rings. The van der Waals surface area contributed by atoms with Gasteiger partial charge in [-0.25, -0.2) is 18.2 Å². The maximum absolute atomic E-state index is 12.5. The van der Waals surface area contributed by atoms with Crippen LogP contribution in [0.1, 0.15) is 29.8 Å². The van der Waals surface area contributed by atoms with Crippen LogP contribution in [-0.4, -0.2) is 37.6 Å². The number of hydrogen-bond acceptors (Lipinski definition) is 7. The van der Waals surface area contributed by atoms with Gasteiger partial charge in [-0.05, 0) is 31.0 Å². The van der Waals surface area contributed by atoms with E-state index in [0.717, 1.165) is 23.9 Å². The average molecular weight is 459 g/mol. The van der Waals surface area contributed by atoms with E-state index in [4.69, 9.17) is 4.74 Å². The number of nitrogens with zero attached hydrogens (tertiary/aromatic N) is 1. The number of ether oxygens (including phenoxy) is 1. The number of benzene rings is 2. The lowest BCUT2D eigenvalue weighted by molar-refractivity contribution is -0.123. The van der Waals surface area contributed by atoms with E-state index in [1.54, 1.807) is 0 Å². The molecule has 162 valence electrons. The van der Waals surface area contributed by atoms with Crippen LogP contribution in [0.4, 0.5) is 5.13 Å². The minimum atomic E-state index is -3.62. The Morgan fingerprint density at radius 3 is 2.45 bits per heavy atom. The lowest BCUT2D eigenvalue weighted by Crippen LogP contribution is -2.30. The van der Waals surface area contributed by atoms with E-state index < -0.39 is 27.8 Å². The van der Waals surface area contributed by atoms with Crippen LogP contribution in [-0.2, 0) is 25.8 Å². The summed E-state index contributed by atoms with van der Waals surface area (Å²) in [4.78, 5) is 29.2. The van der Waals surface area contributed by atoms with Crippen molar-refractivity contribution in [3.63, 3.8) is 0 Å². The van der Waals surface area contributed by atoms with Crippen molar-refractivity contribution in [3.05, 3.63) is 65.0 Å². The van der Waals surface area contributed by atoms with Gasteiger partial charge in [-0.15, -0.1) is 11.3 Å². The lowest BCUT2D eigenvalue weighted by atomic mass is 10.1. The molecule has 0 spiro atoms. The highest BCUT2D eigenvalue weighted by Crippen LogP contribution is 2.25. The number of esters is 1. The first-order chi connectivity index (χ1) is 14.7. The second kappa shape index (κ2) is 9.40. The molecule has 3 rings (SSSR count). The van der Waals surface area contributed by atoms with Crippen molar-refractivity contribution in [2.45, 2.75) is 31.3 Å². The van der Waals surface area contributed by atoms with Crippen molar-refractivity contribution >= 4 is 38.2 Å². The molecule has 0 saturated heterocycles. The normalized spacial score (nSPS) is 12.2. The SMILES string of the molecule is CCc1ccc(-c2csc(NC(=O)C(C)OC(=O)c3ccccc3S(C)(=O)=O)n2)cc1. The first-order valence-electron chi connectivity index (χ1n) is 9.54. The summed E-state index contributed by atoms with van der Waals surface area (Å²) in [7, 11) is -3.62. The molecule has 7 nitrogen and oxygen atoms in total. The summed E-state index contributed by atoms with van der Waals surface area (Å²) in [5.74, 6) is -1.45. The molecule has 9 heteroatoms. The van der Waals surface area contributed by atoms with Gasteiger partial charge in [0, 0.05) is 17.2 Å². The maximum Gasteiger partial charge on any atom is 0.340 e. The molecule has 0 saturated carbocycles. The number of sulfone groups is 1. The van der Waals surface area contributed by atoms with E-state index in [-0.39, 0.29) is 10.5 Å². The van der Waals surface area contributed by atoms with Crippen molar-refractivity contribution in [2.75, 3.05) is 11.6 Å². The van der Waals surface area contributed by atoms with Crippen LogP contribution in [0, 0.1) is 0 Å². The van der Waals surface area contributed by atoms with Gasteiger partial charge in [0.1, 0.15) is 0 Å². The van der Waals surface area contributed by atoms with E-state index in [0.29, 0.717) is 5.13 Å². The van der Waals surface area contributed by atoms with Gasteiger partial charge in [0.05, 0.1) is 16.2 Å². The van der Waals surface area contributed by atoms with Crippen LogP contribution in [0.3, 0.4) is 0 Å². The number of rotatable bonds is 7. The molecule has 1 aromatic heterocycles. The molecule has 0 aliphatic carbocycles. The molecular formula is C22H22N2O5S2. The number of anilines is 1. The third-order valence-corrected chi connectivity index (χ3v) is 6.46. The zero-order valence-electron chi connectivity index (χ0n) is 17.3. The van der Waals surface area contributed by atoms with Crippen molar-refractivity contribution < 1.29 is 22.7 Å². The zero-order valence-corrected chi connectivity index (χ0v) is 18.9. The van der Waals surface area contributed by atoms with Crippen molar-refractivity contribution in [3.8, 4) is 11.3 Å². The van der Waals surface area contributed by atoms with E-state index in [2.05, 4.69) is 17.2 Å². The van der Waals surface area contributed by atoms with Gasteiger partial charge in [-0.2, -0.15) is 0 Å². The fourth-order valence-corrected chi connectivity index (χ4v) is 4.42. The van der Waals surface area contributed by atoms with Gasteiger partial charge in [0.2, 0.25) is 0 Å². The second-order valence-corrected chi connectivity index (χ2v) is 9.74. The van der Waals surface area contributed by atoms with Gasteiger partial charge in [0.15, 0.2) is 21.1 Å². The molecule has 31 heavy (non-hydrogen) atoms. The number of nitrogens with one attached hydrogen (secondary N) is 1. The molecule has 1 unspecified atom stereocenters. The van der Waals surface area contributed by atoms with Gasteiger partial charge >= 0.3 is 5.97 Å². The highest BCUT2D eigenvalue weighted by atomic mass is 32.2. The fraction of sp³-hybridized carbons (Fsp3) is 0.227. The highest BCUT2D eigenvalue weighted by molar-refractivity contribution is 7.90. The molecule has 1 heterocycles. The minimum absolute atomic E-state index is 0.114. The number of carbonyl (C=O) groups is 2. The second-order valence-electron chi connectivity index (χ2n) is 6.89. The summed E-state index contributed by atoms with van der Waals surface area (Å²) >= 11 is 1.26. The number of aromatic nitrogens is 1. The van der Waals surface area contributed by atoms with Crippen LogP contribution in [0.25, 0.3) is 11.3 Å². The van der Waals surface area contributed by atoms with Crippen molar-refractivity contribution in [1.29, 1.82) is 0 Å². The summed E-state index contributed by atoms with van der Waals surface area (Å²) in [6, 6.07) is 13.7. The highest BCUT2D eigenvalue weighted by Gasteiger charge is 2.24. The first kappa shape index (κ1) is 22.6. The molecule has 0 aliphatic heterocycles. The summed E-state index contributed by atoms with van der Waals surface area (Å²) in [5.41, 5.74) is 2.78. The average Bonchev–Trinajstić information content (AvgIpc) is 3.21. The number of hydrogen-bond donors (Lipinski definition) is 1. The summed E-state index contributed by atoms with van der Waals surface area (Å²) in [5, 5.41) is 4.83. The Bertz CT molecular complexity index is 1200. The summed E-state index contributed by atoms with van der Waals surface area (Å²) < 4.78 is 28.9. The third-order valence-electron chi connectivity index (χ3n) is 4.55. The largest absolute Gasteiger partial charge is 0.449 e. The van der Waals surface area contributed by atoms with Gasteiger partial charge in [-0.1, -0.05) is 43.3 Å². The van der Waals surface area contributed by atoms with E-state index in [1.807, 2.05) is 29.6 Å². The quantitative estimate of drug-likeness (QED) is 0.538. The first-order valence-corrected chi connectivity index (χ1v) is 12.3. The Kier molecular flexibility index (Phi) is 6.87. The Hall–Kier alpha value is -3.04.